The molecule has 0 saturated carbocycles. The Bertz CT molecular complexity index is 245. The number of hydrogen-bond donors (Lipinski definition) is 0. The predicted molar refractivity (Wildman–Crippen MR) is 53.2 cm³/mol. The summed E-state index contributed by atoms with van der Waals surface area (Å²) in [4.78, 5) is 15.2. The molecule has 2 amide bonds. The minimum absolute atomic E-state index is 0.119. The molecule has 1 spiro atoms. The minimum atomic E-state index is 0.119. The molecule has 0 bridgehead atoms. The molecule has 0 aromatic carbocycles. The van der Waals surface area contributed by atoms with Gasteiger partial charge < -0.3 is 14.5 Å². The van der Waals surface area contributed by atoms with Gasteiger partial charge in [-0.2, -0.15) is 0 Å². The predicted octanol–water partition coefficient (Wildman–Crippen LogP) is 0.921. The van der Waals surface area contributed by atoms with Crippen molar-refractivity contribution in [1.29, 1.82) is 0 Å². The standard InChI is InChI=1S/C10H18N2O2/c1-8-10(14-8)4-6-12(7-5-10)9(13)11(2)3/h8H,4-7H2,1-3H3. The number of likely N-dealkylation sites (tertiary alicyclic amines) is 1. The average molecular weight is 198 g/mol. The molecule has 2 heterocycles. The second kappa shape index (κ2) is 3.12. The number of urea groups is 1. The van der Waals surface area contributed by atoms with E-state index in [2.05, 4.69) is 6.92 Å². The number of amides is 2. The first-order valence-corrected chi connectivity index (χ1v) is 5.19. The number of carbonyl (C=O) groups excluding carboxylic acids is 1. The summed E-state index contributed by atoms with van der Waals surface area (Å²) in [6.45, 7) is 3.78. The van der Waals surface area contributed by atoms with Crippen LogP contribution in [-0.2, 0) is 4.74 Å². The summed E-state index contributed by atoms with van der Waals surface area (Å²) < 4.78 is 5.58. The van der Waals surface area contributed by atoms with E-state index in [1.54, 1.807) is 19.0 Å². The van der Waals surface area contributed by atoms with E-state index >= 15 is 0 Å². The number of carbonyl (C=O) groups is 1. The molecule has 0 aromatic heterocycles. The minimum Gasteiger partial charge on any atom is -0.366 e. The quantitative estimate of drug-likeness (QED) is 0.543. The van der Waals surface area contributed by atoms with Crippen LogP contribution in [0.1, 0.15) is 19.8 Å². The average Bonchev–Trinajstić information content (AvgIpc) is 2.76. The van der Waals surface area contributed by atoms with E-state index < -0.39 is 0 Å². The summed E-state index contributed by atoms with van der Waals surface area (Å²) in [6, 6.07) is 0.119. The van der Waals surface area contributed by atoms with Gasteiger partial charge in [-0.15, -0.1) is 0 Å². The molecule has 4 nitrogen and oxygen atoms in total. The lowest BCUT2D eigenvalue weighted by Gasteiger charge is -2.32. The van der Waals surface area contributed by atoms with E-state index in [4.69, 9.17) is 4.74 Å². The summed E-state index contributed by atoms with van der Waals surface area (Å²) in [5.74, 6) is 0. The zero-order valence-electron chi connectivity index (χ0n) is 9.12. The Morgan fingerprint density at radius 2 is 1.93 bits per heavy atom. The van der Waals surface area contributed by atoms with Crippen LogP contribution in [0, 0.1) is 0 Å². The number of nitrogens with zero attached hydrogens (tertiary/aromatic N) is 2. The van der Waals surface area contributed by atoms with Gasteiger partial charge in [0.1, 0.15) is 0 Å². The Morgan fingerprint density at radius 3 is 2.29 bits per heavy atom. The van der Waals surface area contributed by atoms with Crippen LogP contribution in [-0.4, -0.2) is 54.7 Å². The van der Waals surface area contributed by atoms with Gasteiger partial charge in [-0.3, -0.25) is 0 Å². The highest BCUT2D eigenvalue weighted by Crippen LogP contribution is 2.44. The van der Waals surface area contributed by atoms with Crippen molar-refractivity contribution in [2.75, 3.05) is 27.2 Å². The number of ether oxygens (including phenoxy) is 1. The fourth-order valence-corrected chi connectivity index (χ4v) is 2.20. The molecule has 2 fully saturated rings. The van der Waals surface area contributed by atoms with Crippen molar-refractivity contribution in [2.24, 2.45) is 0 Å². The Balaban J connectivity index is 1.87. The topological polar surface area (TPSA) is 36.1 Å². The van der Waals surface area contributed by atoms with E-state index in [0.717, 1.165) is 25.9 Å². The second-order valence-corrected chi connectivity index (χ2v) is 4.49. The number of piperidine rings is 1. The van der Waals surface area contributed by atoms with Gasteiger partial charge in [0, 0.05) is 27.2 Å². The van der Waals surface area contributed by atoms with E-state index in [1.807, 2.05) is 4.90 Å². The monoisotopic (exact) mass is 198 g/mol. The maximum absolute atomic E-state index is 11.6. The molecular weight excluding hydrogens is 180 g/mol. The van der Waals surface area contributed by atoms with Crippen LogP contribution in [0.15, 0.2) is 0 Å². The van der Waals surface area contributed by atoms with Crippen LogP contribution < -0.4 is 0 Å². The van der Waals surface area contributed by atoms with Gasteiger partial charge in [-0.1, -0.05) is 0 Å². The number of epoxide rings is 1. The molecule has 0 radical (unpaired) electrons. The fourth-order valence-electron chi connectivity index (χ4n) is 2.20. The number of rotatable bonds is 0. The van der Waals surface area contributed by atoms with Crippen LogP contribution >= 0.6 is 0 Å². The molecule has 14 heavy (non-hydrogen) atoms. The van der Waals surface area contributed by atoms with Crippen molar-refractivity contribution in [1.82, 2.24) is 9.80 Å². The van der Waals surface area contributed by atoms with Crippen LogP contribution in [0.4, 0.5) is 4.79 Å². The third-order valence-corrected chi connectivity index (χ3v) is 3.36. The normalized spacial score (nSPS) is 29.1. The molecular formula is C10H18N2O2. The molecule has 2 aliphatic heterocycles. The third-order valence-electron chi connectivity index (χ3n) is 3.36. The molecule has 4 heteroatoms. The summed E-state index contributed by atoms with van der Waals surface area (Å²) in [6.07, 6.45) is 2.39. The fraction of sp³-hybridized carbons (Fsp3) is 0.900. The Kier molecular flexibility index (Phi) is 2.18. The van der Waals surface area contributed by atoms with Gasteiger partial charge in [0.05, 0.1) is 11.7 Å². The van der Waals surface area contributed by atoms with Crippen LogP contribution in [0.5, 0.6) is 0 Å². The Hall–Kier alpha value is -0.770. The summed E-state index contributed by atoms with van der Waals surface area (Å²) in [5, 5.41) is 0. The first-order chi connectivity index (χ1) is 6.55. The number of hydrogen-bond acceptors (Lipinski definition) is 2. The molecule has 2 rings (SSSR count). The second-order valence-electron chi connectivity index (χ2n) is 4.49. The summed E-state index contributed by atoms with van der Waals surface area (Å²) >= 11 is 0. The molecule has 1 unspecified atom stereocenters. The van der Waals surface area contributed by atoms with Gasteiger partial charge in [-0.25, -0.2) is 4.79 Å². The SMILES string of the molecule is CC1OC12CCN(C(=O)N(C)C)CC2. The smallest absolute Gasteiger partial charge is 0.319 e. The highest BCUT2D eigenvalue weighted by molar-refractivity contribution is 5.73. The molecule has 80 valence electrons. The zero-order valence-corrected chi connectivity index (χ0v) is 9.12. The van der Waals surface area contributed by atoms with Gasteiger partial charge in [-0.05, 0) is 19.8 Å². The zero-order chi connectivity index (χ0) is 10.3. The maximum atomic E-state index is 11.6. The van der Waals surface area contributed by atoms with Gasteiger partial charge in [0.2, 0.25) is 0 Å². The van der Waals surface area contributed by atoms with E-state index in [0.29, 0.717) is 6.10 Å². The van der Waals surface area contributed by atoms with Crippen LogP contribution in [0.2, 0.25) is 0 Å². The van der Waals surface area contributed by atoms with Crippen molar-refractivity contribution < 1.29 is 9.53 Å². The largest absolute Gasteiger partial charge is 0.366 e. The van der Waals surface area contributed by atoms with Crippen LogP contribution in [0.3, 0.4) is 0 Å². The lowest BCUT2D eigenvalue weighted by Crippen LogP contribution is -2.46. The lowest BCUT2D eigenvalue weighted by molar-refractivity contribution is 0.132. The van der Waals surface area contributed by atoms with Crippen LogP contribution in [0.25, 0.3) is 0 Å². The van der Waals surface area contributed by atoms with Crippen molar-refractivity contribution >= 4 is 6.03 Å². The van der Waals surface area contributed by atoms with E-state index in [9.17, 15) is 4.79 Å². The lowest BCUT2D eigenvalue weighted by atomic mass is 9.94. The first-order valence-electron chi connectivity index (χ1n) is 5.19. The molecule has 2 saturated heterocycles. The summed E-state index contributed by atoms with van der Waals surface area (Å²) in [5.41, 5.74) is 0.128. The van der Waals surface area contributed by atoms with Gasteiger partial charge in [0.15, 0.2) is 0 Å². The molecule has 0 aromatic rings. The molecule has 1 atom stereocenters. The molecule has 2 aliphatic rings. The highest BCUT2D eigenvalue weighted by atomic mass is 16.6. The molecule has 0 aliphatic carbocycles. The van der Waals surface area contributed by atoms with Gasteiger partial charge >= 0.3 is 6.03 Å². The van der Waals surface area contributed by atoms with E-state index in [1.165, 1.54) is 0 Å². The molecule has 0 N–H and O–H groups in total. The van der Waals surface area contributed by atoms with Crippen molar-refractivity contribution in [3.05, 3.63) is 0 Å². The third kappa shape index (κ3) is 1.47. The first kappa shape index (κ1) is 9.77. The Morgan fingerprint density at radius 1 is 1.43 bits per heavy atom. The highest BCUT2D eigenvalue weighted by Gasteiger charge is 2.54. The van der Waals surface area contributed by atoms with Gasteiger partial charge in [0.25, 0.3) is 0 Å². The van der Waals surface area contributed by atoms with Crippen molar-refractivity contribution in [3.8, 4) is 0 Å². The Labute approximate surface area is 84.8 Å². The maximum Gasteiger partial charge on any atom is 0.319 e. The summed E-state index contributed by atoms with van der Waals surface area (Å²) in [7, 11) is 3.59. The van der Waals surface area contributed by atoms with Crippen molar-refractivity contribution in [3.63, 3.8) is 0 Å². The van der Waals surface area contributed by atoms with E-state index in [-0.39, 0.29) is 11.6 Å². The van der Waals surface area contributed by atoms with Crippen molar-refractivity contribution in [2.45, 2.75) is 31.5 Å².